The van der Waals surface area contributed by atoms with E-state index < -0.39 is 8.38 Å². The second-order valence-electron chi connectivity index (χ2n) is 2.67. The Kier molecular flexibility index (Phi) is 3.33. The van der Waals surface area contributed by atoms with Gasteiger partial charge in [-0.3, -0.25) is 0 Å². The Hall–Kier alpha value is 0.0900. The molecule has 0 aromatic heterocycles. The molecule has 0 aromatic rings. The van der Waals surface area contributed by atoms with Crippen LogP contribution in [0, 0.1) is 0 Å². The summed E-state index contributed by atoms with van der Waals surface area (Å²) in [5, 5.41) is 0. The standard InChI is InChI=1S/C7H13O2P/c8-10(9)6-7-4-2-1-3-5-7/h6,8-9H,1-5H2. The molecule has 1 aliphatic carbocycles. The van der Waals surface area contributed by atoms with Crippen molar-refractivity contribution >= 4 is 8.38 Å². The number of allylic oxidation sites excluding steroid dienone is 1. The van der Waals surface area contributed by atoms with Gasteiger partial charge in [0.15, 0.2) is 8.38 Å². The Morgan fingerprint density at radius 1 is 1.10 bits per heavy atom. The van der Waals surface area contributed by atoms with Crippen LogP contribution in [0.25, 0.3) is 0 Å². The monoisotopic (exact) mass is 160 g/mol. The van der Waals surface area contributed by atoms with Crippen molar-refractivity contribution in [3.63, 3.8) is 0 Å². The predicted octanol–water partition coefficient (Wildman–Crippen LogP) is 2.13. The summed E-state index contributed by atoms with van der Waals surface area (Å²) in [6, 6.07) is 0. The van der Waals surface area contributed by atoms with Crippen molar-refractivity contribution < 1.29 is 9.79 Å². The van der Waals surface area contributed by atoms with Gasteiger partial charge in [0.25, 0.3) is 0 Å². The second-order valence-corrected chi connectivity index (χ2v) is 3.57. The van der Waals surface area contributed by atoms with Gasteiger partial charge in [0.1, 0.15) is 0 Å². The summed E-state index contributed by atoms with van der Waals surface area (Å²) in [7, 11) is -1.79. The van der Waals surface area contributed by atoms with Gasteiger partial charge in [-0.25, -0.2) is 0 Å². The Morgan fingerprint density at radius 3 is 2.20 bits per heavy atom. The maximum Gasteiger partial charge on any atom is 0.191 e. The molecular formula is C7H13O2P. The van der Waals surface area contributed by atoms with E-state index in [1.807, 2.05) is 0 Å². The van der Waals surface area contributed by atoms with E-state index >= 15 is 0 Å². The zero-order valence-electron chi connectivity index (χ0n) is 5.95. The maximum atomic E-state index is 8.65. The summed E-state index contributed by atoms with van der Waals surface area (Å²) in [6.07, 6.45) is 5.87. The molecule has 0 aromatic carbocycles. The van der Waals surface area contributed by atoms with E-state index in [0.717, 1.165) is 12.8 Å². The largest absolute Gasteiger partial charge is 0.347 e. The summed E-state index contributed by atoms with van der Waals surface area (Å²) in [6.45, 7) is 0. The minimum Gasteiger partial charge on any atom is -0.347 e. The van der Waals surface area contributed by atoms with E-state index in [2.05, 4.69) is 0 Å². The van der Waals surface area contributed by atoms with Crippen LogP contribution in [-0.4, -0.2) is 9.79 Å². The molecule has 0 aliphatic heterocycles. The van der Waals surface area contributed by atoms with Crippen molar-refractivity contribution in [1.82, 2.24) is 0 Å². The number of hydrogen-bond donors (Lipinski definition) is 2. The average Bonchev–Trinajstić information content (AvgIpc) is 1.88. The molecule has 1 saturated carbocycles. The molecule has 0 bridgehead atoms. The third-order valence-electron chi connectivity index (χ3n) is 1.79. The lowest BCUT2D eigenvalue weighted by atomic mass is 9.96. The van der Waals surface area contributed by atoms with Crippen molar-refractivity contribution in [2.45, 2.75) is 32.1 Å². The molecule has 0 radical (unpaired) electrons. The van der Waals surface area contributed by atoms with E-state index in [-0.39, 0.29) is 0 Å². The Labute approximate surface area is 62.5 Å². The third kappa shape index (κ3) is 2.78. The van der Waals surface area contributed by atoms with Crippen LogP contribution in [0.2, 0.25) is 0 Å². The van der Waals surface area contributed by atoms with Gasteiger partial charge in [-0.15, -0.1) is 0 Å². The fraction of sp³-hybridized carbons (Fsp3) is 0.714. The van der Waals surface area contributed by atoms with Crippen LogP contribution in [0.3, 0.4) is 0 Å². The first-order valence-electron chi connectivity index (χ1n) is 3.65. The molecule has 10 heavy (non-hydrogen) atoms. The van der Waals surface area contributed by atoms with Gasteiger partial charge in [0.2, 0.25) is 0 Å². The summed E-state index contributed by atoms with van der Waals surface area (Å²) in [4.78, 5) is 17.3. The quantitative estimate of drug-likeness (QED) is 0.577. The highest BCUT2D eigenvalue weighted by Crippen LogP contribution is 2.32. The van der Waals surface area contributed by atoms with E-state index in [9.17, 15) is 0 Å². The van der Waals surface area contributed by atoms with Crippen LogP contribution < -0.4 is 0 Å². The fourth-order valence-corrected chi connectivity index (χ4v) is 1.88. The number of rotatable bonds is 1. The van der Waals surface area contributed by atoms with Crippen LogP contribution in [0.5, 0.6) is 0 Å². The van der Waals surface area contributed by atoms with Crippen LogP contribution in [-0.2, 0) is 0 Å². The summed E-state index contributed by atoms with van der Waals surface area (Å²) in [5.74, 6) is 1.62. The predicted molar refractivity (Wildman–Crippen MR) is 42.5 cm³/mol. The molecule has 1 aliphatic rings. The number of hydrogen-bond acceptors (Lipinski definition) is 2. The smallest absolute Gasteiger partial charge is 0.191 e. The molecule has 0 amide bonds. The minimum atomic E-state index is -1.79. The van der Waals surface area contributed by atoms with Crippen LogP contribution in [0.1, 0.15) is 32.1 Å². The Bertz CT molecular complexity index is 124. The molecule has 0 atom stereocenters. The van der Waals surface area contributed by atoms with Gasteiger partial charge in [0, 0.05) is 0 Å². The highest BCUT2D eigenvalue weighted by Gasteiger charge is 2.06. The van der Waals surface area contributed by atoms with Crippen LogP contribution in [0.4, 0.5) is 0 Å². The highest BCUT2D eigenvalue weighted by molar-refractivity contribution is 7.48. The van der Waals surface area contributed by atoms with Crippen molar-refractivity contribution in [3.05, 3.63) is 11.4 Å². The zero-order chi connectivity index (χ0) is 7.40. The van der Waals surface area contributed by atoms with Crippen molar-refractivity contribution in [2.24, 2.45) is 0 Å². The van der Waals surface area contributed by atoms with Crippen LogP contribution >= 0.6 is 8.38 Å². The molecule has 58 valence electrons. The fourth-order valence-electron chi connectivity index (χ4n) is 1.30. The van der Waals surface area contributed by atoms with E-state index in [1.54, 1.807) is 5.82 Å². The minimum absolute atomic E-state index is 1.07. The lowest BCUT2D eigenvalue weighted by molar-refractivity contribution is 0.494. The second kappa shape index (κ2) is 4.07. The van der Waals surface area contributed by atoms with Gasteiger partial charge in [-0.05, 0) is 31.5 Å². The Morgan fingerprint density at radius 2 is 1.70 bits per heavy atom. The molecular weight excluding hydrogens is 147 g/mol. The van der Waals surface area contributed by atoms with Crippen LogP contribution in [0.15, 0.2) is 11.4 Å². The normalized spacial score (nSPS) is 19.7. The molecule has 1 fully saturated rings. The van der Waals surface area contributed by atoms with Gasteiger partial charge in [-0.2, -0.15) is 0 Å². The van der Waals surface area contributed by atoms with Gasteiger partial charge >= 0.3 is 0 Å². The van der Waals surface area contributed by atoms with Crippen molar-refractivity contribution in [3.8, 4) is 0 Å². The molecule has 0 spiro atoms. The summed E-state index contributed by atoms with van der Waals surface area (Å²) < 4.78 is 0. The SMILES string of the molecule is OP(O)C=C1CCCCC1. The lowest BCUT2D eigenvalue weighted by Gasteiger charge is -2.13. The van der Waals surface area contributed by atoms with Crippen molar-refractivity contribution in [1.29, 1.82) is 0 Å². The lowest BCUT2D eigenvalue weighted by Crippen LogP contribution is -1.92. The molecule has 3 heteroatoms. The van der Waals surface area contributed by atoms with Gasteiger partial charge in [0.05, 0.1) is 0 Å². The van der Waals surface area contributed by atoms with E-state index in [4.69, 9.17) is 9.79 Å². The van der Waals surface area contributed by atoms with Gasteiger partial charge < -0.3 is 9.79 Å². The molecule has 0 unspecified atom stereocenters. The third-order valence-corrected chi connectivity index (χ3v) is 2.39. The maximum absolute atomic E-state index is 8.65. The zero-order valence-corrected chi connectivity index (χ0v) is 6.85. The Balaban J connectivity index is 2.37. The first kappa shape index (κ1) is 8.19. The van der Waals surface area contributed by atoms with Gasteiger partial charge in [-0.1, -0.05) is 12.0 Å². The molecule has 2 nitrogen and oxygen atoms in total. The molecule has 0 saturated heterocycles. The molecule has 2 N–H and O–H groups in total. The summed E-state index contributed by atoms with van der Waals surface area (Å²) >= 11 is 0. The average molecular weight is 160 g/mol. The van der Waals surface area contributed by atoms with E-state index in [0.29, 0.717) is 0 Å². The highest BCUT2D eigenvalue weighted by atomic mass is 31.2. The topological polar surface area (TPSA) is 40.5 Å². The van der Waals surface area contributed by atoms with E-state index in [1.165, 1.54) is 24.8 Å². The molecule has 1 rings (SSSR count). The van der Waals surface area contributed by atoms with Crippen molar-refractivity contribution in [2.75, 3.05) is 0 Å². The summed E-state index contributed by atoms with van der Waals surface area (Å²) in [5.41, 5.74) is 1.24. The first-order valence-corrected chi connectivity index (χ1v) is 4.97. The first-order chi connectivity index (χ1) is 4.79. The molecule has 0 heterocycles.